The first kappa shape index (κ1) is 23.3. The highest BCUT2D eigenvalue weighted by Gasteiger charge is 2.23. The molecule has 1 amide bonds. The Hall–Kier alpha value is -2.32. The molecule has 3 N–H and O–H groups in total. The summed E-state index contributed by atoms with van der Waals surface area (Å²) in [6, 6.07) is 8.62. The number of fused-ring (bicyclic) bond motifs is 1. The third-order valence-corrected chi connectivity index (χ3v) is 5.96. The molecule has 0 bridgehead atoms. The monoisotopic (exact) mass is 482 g/mol. The number of amides is 1. The van der Waals surface area contributed by atoms with Gasteiger partial charge in [0.2, 0.25) is 5.91 Å². The number of rotatable bonds is 4. The van der Waals surface area contributed by atoms with Crippen molar-refractivity contribution >= 4 is 64.2 Å². The Labute approximate surface area is 195 Å². The third-order valence-electron chi connectivity index (χ3n) is 5.26. The van der Waals surface area contributed by atoms with Crippen LogP contribution in [0.4, 0.5) is 5.82 Å². The summed E-state index contributed by atoms with van der Waals surface area (Å²) < 4.78 is 4.79. The van der Waals surface area contributed by atoms with E-state index in [1.807, 2.05) is 18.2 Å². The van der Waals surface area contributed by atoms with Crippen LogP contribution in [0.2, 0.25) is 10.0 Å². The molecule has 0 unspecified atom stereocenters. The molecule has 1 aliphatic rings. The minimum absolute atomic E-state index is 0. The van der Waals surface area contributed by atoms with Crippen LogP contribution in [-0.4, -0.2) is 42.3 Å². The van der Waals surface area contributed by atoms with Gasteiger partial charge in [-0.15, -0.1) is 12.4 Å². The van der Waals surface area contributed by atoms with E-state index >= 15 is 0 Å². The number of esters is 1. The highest BCUT2D eigenvalue weighted by Crippen LogP contribution is 2.39. The number of anilines is 1. The Bertz CT molecular complexity index is 1130. The second kappa shape index (κ2) is 9.87. The summed E-state index contributed by atoms with van der Waals surface area (Å²) in [5, 5.41) is 14.7. The maximum atomic E-state index is 12.6. The van der Waals surface area contributed by atoms with E-state index in [9.17, 15) is 9.59 Å². The van der Waals surface area contributed by atoms with Crippen LogP contribution >= 0.6 is 35.6 Å². The lowest BCUT2D eigenvalue weighted by Crippen LogP contribution is -2.37. The summed E-state index contributed by atoms with van der Waals surface area (Å²) in [6.45, 7) is 1.59. The number of piperidine rings is 1. The zero-order valence-corrected chi connectivity index (χ0v) is 19.0. The molecule has 4 rings (SSSR count). The molecule has 1 aromatic heterocycles. The zero-order valence-electron chi connectivity index (χ0n) is 16.6. The van der Waals surface area contributed by atoms with Crippen molar-refractivity contribution in [2.45, 2.75) is 12.8 Å². The number of hydrogen-bond acceptors (Lipinski definition) is 5. The molecule has 2 heterocycles. The molecule has 1 atom stereocenters. The Morgan fingerprint density at radius 3 is 2.74 bits per heavy atom. The van der Waals surface area contributed by atoms with E-state index in [0.29, 0.717) is 28.5 Å². The predicted octanol–water partition coefficient (Wildman–Crippen LogP) is 4.68. The van der Waals surface area contributed by atoms with Crippen LogP contribution in [-0.2, 0) is 9.53 Å². The normalized spacial score (nSPS) is 15.9. The summed E-state index contributed by atoms with van der Waals surface area (Å²) in [5.74, 6) is -0.255. The second-order valence-corrected chi connectivity index (χ2v) is 7.93. The minimum atomic E-state index is -0.545. The van der Waals surface area contributed by atoms with Crippen molar-refractivity contribution in [3.63, 3.8) is 0 Å². The Morgan fingerprint density at radius 2 is 2.03 bits per heavy atom. The number of halogens is 3. The van der Waals surface area contributed by atoms with Crippen LogP contribution in [0.1, 0.15) is 23.2 Å². The van der Waals surface area contributed by atoms with Gasteiger partial charge >= 0.3 is 5.97 Å². The fraction of sp³-hybridized carbons (Fsp3) is 0.286. The van der Waals surface area contributed by atoms with Crippen molar-refractivity contribution in [1.29, 1.82) is 0 Å². The number of nitrogens with one attached hydrogen (secondary N) is 3. The molecule has 3 aromatic rings. The smallest absolute Gasteiger partial charge is 0.339 e. The number of benzene rings is 2. The number of H-pyrrole nitrogens is 1. The molecule has 0 aliphatic carbocycles. The minimum Gasteiger partial charge on any atom is -0.465 e. The molecular formula is C21H21Cl3N4O3. The lowest BCUT2D eigenvalue weighted by molar-refractivity contribution is -0.120. The molecule has 0 saturated carbocycles. The van der Waals surface area contributed by atoms with E-state index in [4.69, 9.17) is 27.9 Å². The molecule has 0 radical (unpaired) electrons. The zero-order chi connectivity index (χ0) is 21.3. The lowest BCUT2D eigenvalue weighted by Gasteiger charge is -2.21. The largest absolute Gasteiger partial charge is 0.465 e. The number of nitrogens with zero attached hydrogens (tertiary/aromatic N) is 1. The molecule has 10 heteroatoms. The van der Waals surface area contributed by atoms with Crippen molar-refractivity contribution < 1.29 is 14.3 Å². The quantitative estimate of drug-likeness (QED) is 0.468. The number of carbonyl (C=O) groups is 2. The molecule has 31 heavy (non-hydrogen) atoms. The lowest BCUT2D eigenvalue weighted by atomic mass is 9.98. The molecule has 2 aromatic carbocycles. The summed E-state index contributed by atoms with van der Waals surface area (Å²) in [5.41, 5.74) is 2.19. The standard InChI is InChI=1S/C21H20Cl2N4O3.ClH/c1-30-21(29)13-5-6-15(22)17(18(13)23)11-4-7-16-14(9-11)19(27-26-16)25-20(28)12-3-2-8-24-10-12;/h4-7,9,12,24H,2-3,8,10H2,1H3,(H2,25,26,27,28);1H/t12-;/m1./s1. The van der Waals surface area contributed by atoms with Gasteiger partial charge in [0.05, 0.1) is 29.1 Å². The van der Waals surface area contributed by atoms with Crippen LogP contribution in [0, 0.1) is 5.92 Å². The summed E-state index contributed by atoms with van der Waals surface area (Å²) in [4.78, 5) is 24.6. The van der Waals surface area contributed by atoms with Crippen molar-refractivity contribution in [3.05, 3.63) is 45.9 Å². The van der Waals surface area contributed by atoms with Crippen molar-refractivity contribution in [1.82, 2.24) is 15.5 Å². The van der Waals surface area contributed by atoms with Gasteiger partial charge in [-0.2, -0.15) is 5.10 Å². The van der Waals surface area contributed by atoms with Crippen LogP contribution in [0.3, 0.4) is 0 Å². The number of aromatic amines is 1. The van der Waals surface area contributed by atoms with Gasteiger partial charge in [-0.05, 0) is 49.2 Å². The van der Waals surface area contributed by atoms with Gasteiger partial charge in [-0.1, -0.05) is 29.3 Å². The average molecular weight is 484 g/mol. The summed E-state index contributed by atoms with van der Waals surface area (Å²) >= 11 is 12.9. The fourth-order valence-corrected chi connectivity index (χ4v) is 4.31. The van der Waals surface area contributed by atoms with E-state index in [1.54, 1.807) is 6.07 Å². The number of hydrogen-bond donors (Lipinski definition) is 3. The Balaban J connectivity index is 0.00000272. The molecule has 1 aliphatic heterocycles. The highest BCUT2D eigenvalue weighted by molar-refractivity contribution is 6.41. The Morgan fingerprint density at radius 1 is 1.23 bits per heavy atom. The maximum absolute atomic E-state index is 12.6. The Kier molecular flexibility index (Phi) is 7.43. The number of methoxy groups -OCH3 is 1. The van der Waals surface area contributed by atoms with Crippen LogP contribution in [0.25, 0.3) is 22.0 Å². The molecule has 0 spiro atoms. The summed E-state index contributed by atoms with van der Waals surface area (Å²) in [6.07, 6.45) is 1.81. The number of carbonyl (C=O) groups excluding carboxylic acids is 2. The first-order chi connectivity index (χ1) is 14.5. The van der Waals surface area contributed by atoms with Gasteiger partial charge in [0.15, 0.2) is 5.82 Å². The van der Waals surface area contributed by atoms with Gasteiger partial charge in [0, 0.05) is 22.5 Å². The van der Waals surface area contributed by atoms with Crippen molar-refractivity contribution in [2.75, 3.05) is 25.5 Å². The van der Waals surface area contributed by atoms with Gasteiger partial charge < -0.3 is 15.4 Å². The van der Waals surface area contributed by atoms with Gasteiger partial charge in [0.1, 0.15) is 0 Å². The van der Waals surface area contributed by atoms with Crippen LogP contribution < -0.4 is 10.6 Å². The summed E-state index contributed by atoms with van der Waals surface area (Å²) in [7, 11) is 1.29. The van der Waals surface area contributed by atoms with E-state index in [-0.39, 0.29) is 34.8 Å². The van der Waals surface area contributed by atoms with Gasteiger partial charge in [0.25, 0.3) is 0 Å². The molecule has 1 fully saturated rings. The second-order valence-electron chi connectivity index (χ2n) is 7.14. The topological polar surface area (TPSA) is 96.1 Å². The van der Waals surface area contributed by atoms with E-state index in [0.717, 1.165) is 30.3 Å². The van der Waals surface area contributed by atoms with E-state index in [1.165, 1.54) is 13.2 Å². The number of aromatic nitrogens is 2. The fourth-order valence-electron chi connectivity index (χ4n) is 3.64. The molecule has 7 nitrogen and oxygen atoms in total. The number of ether oxygens (including phenoxy) is 1. The van der Waals surface area contributed by atoms with Crippen LogP contribution in [0.15, 0.2) is 30.3 Å². The van der Waals surface area contributed by atoms with E-state index in [2.05, 4.69) is 20.8 Å². The van der Waals surface area contributed by atoms with Gasteiger partial charge in [-0.3, -0.25) is 9.89 Å². The van der Waals surface area contributed by atoms with E-state index < -0.39 is 5.97 Å². The first-order valence-corrected chi connectivity index (χ1v) is 10.3. The SMILES string of the molecule is COC(=O)c1ccc(Cl)c(-c2ccc3[nH]nc(NC(=O)[C@@H]4CCCNC4)c3c2)c1Cl.Cl. The predicted molar refractivity (Wildman–Crippen MR) is 124 cm³/mol. The maximum Gasteiger partial charge on any atom is 0.339 e. The molecule has 1 saturated heterocycles. The first-order valence-electron chi connectivity index (χ1n) is 9.56. The van der Waals surface area contributed by atoms with Gasteiger partial charge in [-0.25, -0.2) is 4.79 Å². The van der Waals surface area contributed by atoms with Crippen molar-refractivity contribution in [3.8, 4) is 11.1 Å². The van der Waals surface area contributed by atoms with Crippen LogP contribution in [0.5, 0.6) is 0 Å². The third kappa shape index (κ3) is 4.65. The average Bonchev–Trinajstić information content (AvgIpc) is 3.16. The molecule has 164 valence electrons. The molecular weight excluding hydrogens is 463 g/mol. The van der Waals surface area contributed by atoms with Crippen molar-refractivity contribution in [2.24, 2.45) is 5.92 Å². The highest BCUT2D eigenvalue weighted by atomic mass is 35.5.